The summed E-state index contributed by atoms with van der Waals surface area (Å²) in [6.07, 6.45) is 3.84. The van der Waals surface area contributed by atoms with Crippen molar-refractivity contribution in [1.29, 1.82) is 0 Å². The zero-order valence-electron chi connectivity index (χ0n) is 12.0. The minimum absolute atomic E-state index is 0.248. The first-order valence-electron chi connectivity index (χ1n) is 7.20. The Hall–Kier alpha value is -1.39. The van der Waals surface area contributed by atoms with Crippen LogP contribution in [0.15, 0.2) is 30.3 Å². The molecule has 0 bridgehead atoms. The SMILES string of the molecule is COC(=O)C(CNCC1(O)CCCC1)c1ccccc1. The van der Waals surface area contributed by atoms with E-state index in [2.05, 4.69) is 5.32 Å². The molecule has 20 heavy (non-hydrogen) atoms. The van der Waals surface area contributed by atoms with E-state index in [1.165, 1.54) is 7.11 Å². The fraction of sp³-hybridized carbons (Fsp3) is 0.562. The highest BCUT2D eigenvalue weighted by atomic mass is 16.5. The van der Waals surface area contributed by atoms with Gasteiger partial charge in [0.1, 0.15) is 0 Å². The first kappa shape index (κ1) is 15.0. The van der Waals surface area contributed by atoms with Gasteiger partial charge in [0.15, 0.2) is 0 Å². The molecule has 0 aliphatic heterocycles. The van der Waals surface area contributed by atoms with E-state index in [-0.39, 0.29) is 11.9 Å². The first-order valence-corrected chi connectivity index (χ1v) is 7.20. The van der Waals surface area contributed by atoms with Crippen LogP contribution in [0.5, 0.6) is 0 Å². The molecule has 0 heterocycles. The number of methoxy groups -OCH3 is 1. The lowest BCUT2D eigenvalue weighted by Gasteiger charge is -2.24. The predicted octanol–water partition coefficient (Wildman–Crippen LogP) is 1.84. The second-order valence-electron chi connectivity index (χ2n) is 5.55. The van der Waals surface area contributed by atoms with E-state index in [1.54, 1.807) is 0 Å². The van der Waals surface area contributed by atoms with Crippen LogP contribution >= 0.6 is 0 Å². The molecule has 1 aromatic rings. The maximum absolute atomic E-state index is 11.9. The van der Waals surface area contributed by atoms with E-state index in [0.717, 1.165) is 31.2 Å². The van der Waals surface area contributed by atoms with Gasteiger partial charge in [-0.05, 0) is 18.4 Å². The van der Waals surface area contributed by atoms with Gasteiger partial charge in [-0.2, -0.15) is 0 Å². The van der Waals surface area contributed by atoms with Crippen molar-refractivity contribution >= 4 is 5.97 Å². The van der Waals surface area contributed by atoms with E-state index in [4.69, 9.17) is 4.74 Å². The number of nitrogens with one attached hydrogen (secondary N) is 1. The van der Waals surface area contributed by atoms with Crippen molar-refractivity contribution in [2.75, 3.05) is 20.2 Å². The Morgan fingerprint density at radius 2 is 2.00 bits per heavy atom. The Morgan fingerprint density at radius 1 is 1.35 bits per heavy atom. The monoisotopic (exact) mass is 277 g/mol. The summed E-state index contributed by atoms with van der Waals surface area (Å²) in [6, 6.07) is 9.60. The summed E-state index contributed by atoms with van der Waals surface area (Å²) in [5.74, 6) is -0.576. The Morgan fingerprint density at radius 3 is 2.60 bits per heavy atom. The van der Waals surface area contributed by atoms with Crippen LogP contribution in [0, 0.1) is 0 Å². The second kappa shape index (κ2) is 6.86. The zero-order valence-corrected chi connectivity index (χ0v) is 12.0. The van der Waals surface area contributed by atoms with Crippen molar-refractivity contribution in [1.82, 2.24) is 5.32 Å². The highest BCUT2D eigenvalue weighted by Gasteiger charge is 2.31. The van der Waals surface area contributed by atoms with Crippen molar-refractivity contribution in [3.05, 3.63) is 35.9 Å². The van der Waals surface area contributed by atoms with E-state index in [1.807, 2.05) is 30.3 Å². The van der Waals surface area contributed by atoms with Gasteiger partial charge in [-0.15, -0.1) is 0 Å². The second-order valence-corrected chi connectivity index (χ2v) is 5.55. The summed E-state index contributed by atoms with van der Waals surface area (Å²) in [6.45, 7) is 1.02. The number of hydrogen-bond donors (Lipinski definition) is 2. The molecule has 1 aliphatic carbocycles. The van der Waals surface area contributed by atoms with Gasteiger partial charge in [0.2, 0.25) is 0 Å². The number of rotatable bonds is 6. The van der Waals surface area contributed by atoms with Gasteiger partial charge in [-0.25, -0.2) is 0 Å². The quantitative estimate of drug-likeness (QED) is 0.779. The van der Waals surface area contributed by atoms with Crippen LogP contribution in [0.25, 0.3) is 0 Å². The first-order chi connectivity index (χ1) is 9.64. The lowest BCUT2D eigenvalue weighted by molar-refractivity contribution is -0.142. The summed E-state index contributed by atoms with van der Waals surface area (Å²) in [5.41, 5.74) is 0.336. The fourth-order valence-corrected chi connectivity index (χ4v) is 2.82. The van der Waals surface area contributed by atoms with Crippen molar-refractivity contribution in [2.24, 2.45) is 0 Å². The molecule has 2 N–H and O–H groups in total. The molecule has 1 aliphatic rings. The summed E-state index contributed by atoms with van der Waals surface area (Å²) in [7, 11) is 1.41. The van der Waals surface area contributed by atoms with Gasteiger partial charge in [0.25, 0.3) is 0 Å². The van der Waals surface area contributed by atoms with Crippen LogP contribution < -0.4 is 5.32 Å². The number of benzene rings is 1. The molecule has 4 nitrogen and oxygen atoms in total. The molecule has 110 valence electrons. The largest absolute Gasteiger partial charge is 0.469 e. The molecule has 1 fully saturated rings. The number of esters is 1. The number of carbonyl (C=O) groups is 1. The molecule has 1 atom stereocenters. The Kier molecular flexibility index (Phi) is 5.15. The highest BCUT2D eigenvalue weighted by Crippen LogP contribution is 2.28. The molecule has 4 heteroatoms. The Balaban J connectivity index is 1.93. The minimum atomic E-state index is -0.600. The van der Waals surface area contributed by atoms with Crippen LogP contribution in [0.4, 0.5) is 0 Å². The topological polar surface area (TPSA) is 58.6 Å². The van der Waals surface area contributed by atoms with Crippen LogP contribution in [0.1, 0.15) is 37.2 Å². The molecule has 0 spiro atoms. The summed E-state index contributed by atoms with van der Waals surface area (Å²) in [5, 5.41) is 13.5. The number of carbonyl (C=O) groups excluding carboxylic acids is 1. The van der Waals surface area contributed by atoms with Crippen LogP contribution in [-0.2, 0) is 9.53 Å². The Bertz CT molecular complexity index is 427. The normalized spacial score (nSPS) is 18.7. The van der Waals surface area contributed by atoms with Gasteiger partial charge in [0.05, 0.1) is 18.6 Å². The molecule has 0 aromatic heterocycles. The molecular weight excluding hydrogens is 254 g/mol. The van der Waals surface area contributed by atoms with E-state index >= 15 is 0 Å². The van der Waals surface area contributed by atoms with Crippen molar-refractivity contribution in [3.8, 4) is 0 Å². The predicted molar refractivity (Wildman–Crippen MR) is 77.5 cm³/mol. The van der Waals surface area contributed by atoms with Crippen LogP contribution in [-0.4, -0.2) is 36.9 Å². The number of aliphatic hydroxyl groups is 1. The molecule has 0 radical (unpaired) electrons. The molecule has 2 rings (SSSR count). The highest BCUT2D eigenvalue weighted by molar-refractivity contribution is 5.78. The standard InChI is InChI=1S/C16H23NO3/c1-20-15(18)14(13-7-3-2-4-8-13)11-17-12-16(19)9-5-6-10-16/h2-4,7-8,14,17,19H,5-6,9-12H2,1H3. The summed E-state index contributed by atoms with van der Waals surface area (Å²) in [4.78, 5) is 11.9. The molecule has 1 aromatic carbocycles. The van der Waals surface area contributed by atoms with Crippen molar-refractivity contribution < 1.29 is 14.6 Å². The minimum Gasteiger partial charge on any atom is -0.469 e. The maximum atomic E-state index is 11.9. The third-order valence-electron chi connectivity index (χ3n) is 4.02. The molecule has 1 unspecified atom stereocenters. The van der Waals surface area contributed by atoms with E-state index < -0.39 is 5.60 Å². The lowest BCUT2D eigenvalue weighted by Crippen LogP contribution is -2.40. The zero-order chi connectivity index (χ0) is 14.4. The molecule has 1 saturated carbocycles. The average Bonchev–Trinajstić information content (AvgIpc) is 2.91. The molecule has 0 saturated heterocycles. The lowest BCUT2D eigenvalue weighted by atomic mass is 9.98. The van der Waals surface area contributed by atoms with Gasteiger partial charge >= 0.3 is 5.97 Å². The van der Waals surface area contributed by atoms with E-state index in [9.17, 15) is 9.90 Å². The Labute approximate surface area is 120 Å². The van der Waals surface area contributed by atoms with Crippen LogP contribution in [0.3, 0.4) is 0 Å². The average molecular weight is 277 g/mol. The number of hydrogen-bond acceptors (Lipinski definition) is 4. The van der Waals surface area contributed by atoms with Crippen LogP contribution in [0.2, 0.25) is 0 Å². The summed E-state index contributed by atoms with van der Waals surface area (Å²) < 4.78 is 4.87. The van der Waals surface area contributed by atoms with Gasteiger partial charge in [-0.1, -0.05) is 43.2 Å². The van der Waals surface area contributed by atoms with Gasteiger partial charge in [-0.3, -0.25) is 4.79 Å². The molecule has 0 amide bonds. The third-order valence-corrected chi connectivity index (χ3v) is 4.02. The van der Waals surface area contributed by atoms with Crippen molar-refractivity contribution in [3.63, 3.8) is 0 Å². The maximum Gasteiger partial charge on any atom is 0.314 e. The molecular formula is C16H23NO3. The summed E-state index contributed by atoms with van der Waals surface area (Å²) >= 11 is 0. The fourth-order valence-electron chi connectivity index (χ4n) is 2.82. The van der Waals surface area contributed by atoms with Gasteiger partial charge < -0.3 is 15.2 Å². The third kappa shape index (κ3) is 3.81. The van der Waals surface area contributed by atoms with E-state index in [0.29, 0.717) is 13.1 Å². The smallest absolute Gasteiger partial charge is 0.314 e. The van der Waals surface area contributed by atoms with Gasteiger partial charge in [0, 0.05) is 13.1 Å². The van der Waals surface area contributed by atoms with Crippen molar-refractivity contribution in [2.45, 2.75) is 37.2 Å². The number of ether oxygens (including phenoxy) is 1.